The molecule has 0 bridgehead atoms. The lowest BCUT2D eigenvalue weighted by molar-refractivity contribution is -0.144. The third kappa shape index (κ3) is 4.55. The van der Waals surface area contributed by atoms with Crippen molar-refractivity contribution in [2.75, 3.05) is 13.6 Å². The van der Waals surface area contributed by atoms with Gasteiger partial charge in [-0.15, -0.1) is 0 Å². The molecule has 0 aromatic heterocycles. The number of aliphatic hydroxyl groups is 1. The first-order valence-electron chi connectivity index (χ1n) is 11.4. The summed E-state index contributed by atoms with van der Waals surface area (Å²) in [4.78, 5) is 42.6. The molecule has 1 saturated heterocycles. The molecule has 6 nitrogen and oxygen atoms in total. The molecule has 1 saturated carbocycles. The topological polar surface area (TPSA) is 77.9 Å². The summed E-state index contributed by atoms with van der Waals surface area (Å²) in [5.41, 5.74) is -0.423. The van der Waals surface area contributed by atoms with Gasteiger partial charge in [-0.1, -0.05) is 55.3 Å². The van der Waals surface area contributed by atoms with Crippen LogP contribution in [0.5, 0.6) is 0 Å². The van der Waals surface area contributed by atoms with E-state index in [9.17, 15) is 23.9 Å². The van der Waals surface area contributed by atoms with Gasteiger partial charge in [0.2, 0.25) is 17.7 Å². The number of halogens is 1. The second-order valence-corrected chi connectivity index (χ2v) is 9.15. The van der Waals surface area contributed by atoms with Gasteiger partial charge >= 0.3 is 0 Å². The van der Waals surface area contributed by atoms with Crippen LogP contribution in [0.4, 0.5) is 4.39 Å². The molecule has 7 heteroatoms. The number of hydrogen-bond donors (Lipinski definition) is 1. The van der Waals surface area contributed by atoms with Gasteiger partial charge in [0.25, 0.3) is 0 Å². The molecule has 0 spiro atoms. The van der Waals surface area contributed by atoms with Crippen LogP contribution in [-0.4, -0.2) is 52.3 Å². The van der Waals surface area contributed by atoms with Gasteiger partial charge in [0, 0.05) is 25.9 Å². The zero-order chi connectivity index (χ0) is 23.6. The number of benzene rings is 2. The Morgan fingerprint density at radius 2 is 1.85 bits per heavy atom. The van der Waals surface area contributed by atoms with E-state index in [4.69, 9.17) is 0 Å². The third-order valence-corrected chi connectivity index (χ3v) is 6.93. The van der Waals surface area contributed by atoms with Gasteiger partial charge in [-0.2, -0.15) is 0 Å². The summed E-state index contributed by atoms with van der Waals surface area (Å²) < 4.78 is 14.1. The molecule has 2 atom stereocenters. The van der Waals surface area contributed by atoms with E-state index >= 15 is 0 Å². The first kappa shape index (κ1) is 23.1. The molecule has 1 aliphatic carbocycles. The van der Waals surface area contributed by atoms with Crippen LogP contribution in [0.25, 0.3) is 0 Å². The Bertz CT molecular complexity index is 1040. The van der Waals surface area contributed by atoms with Crippen molar-refractivity contribution in [3.05, 3.63) is 71.5 Å². The van der Waals surface area contributed by atoms with E-state index in [1.807, 2.05) is 6.07 Å². The molecule has 1 aliphatic heterocycles. The zero-order valence-electron chi connectivity index (χ0n) is 18.7. The lowest BCUT2D eigenvalue weighted by Gasteiger charge is -2.31. The number of nitrogens with zero attached hydrogens (tertiary/aromatic N) is 2. The number of likely N-dealkylation sites (tertiary alicyclic amines) is 1. The molecule has 0 radical (unpaired) electrons. The summed E-state index contributed by atoms with van der Waals surface area (Å²) in [7, 11) is 1.56. The van der Waals surface area contributed by atoms with Gasteiger partial charge in [0.1, 0.15) is 5.82 Å². The van der Waals surface area contributed by atoms with Crippen LogP contribution >= 0.6 is 0 Å². The maximum Gasteiger partial charge on any atom is 0.241 e. The van der Waals surface area contributed by atoms with Crippen molar-refractivity contribution in [3.63, 3.8) is 0 Å². The summed E-state index contributed by atoms with van der Waals surface area (Å²) in [6.45, 7) is 0.0382. The number of carbonyl (C=O) groups is 3. The largest absolute Gasteiger partial charge is 0.387 e. The van der Waals surface area contributed by atoms with Crippen LogP contribution in [0.2, 0.25) is 0 Å². The van der Waals surface area contributed by atoms with Crippen LogP contribution in [0.1, 0.15) is 55.8 Å². The molecule has 3 amide bonds. The Balaban J connectivity index is 1.60. The molecule has 174 valence electrons. The van der Waals surface area contributed by atoms with Gasteiger partial charge in [-0.25, -0.2) is 4.39 Å². The summed E-state index contributed by atoms with van der Waals surface area (Å²) in [5.74, 6) is -1.64. The third-order valence-electron chi connectivity index (χ3n) is 6.93. The van der Waals surface area contributed by atoms with Crippen LogP contribution < -0.4 is 0 Å². The Morgan fingerprint density at radius 1 is 1.15 bits per heavy atom. The van der Waals surface area contributed by atoms with Crippen LogP contribution in [0.3, 0.4) is 0 Å². The lowest BCUT2D eigenvalue weighted by atomic mass is 9.75. The molecule has 1 N–H and O–H groups in total. The maximum atomic E-state index is 14.1. The fourth-order valence-electron chi connectivity index (χ4n) is 5.08. The minimum Gasteiger partial charge on any atom is -0.387 e. The predicted octanol–water partition coefficient (Wildman–Crippen LogP) is 3.35. The number of hydrogen-bond acceptors (Lipinski definition) is 4. The molecular weight excluding hydrogens is 423 g/mol. The number of aliphatic hydroxyl groups excluding tert-OH is 1. The first-order chi connectivity index (χ1) is 15.8. The van der Waals surface area contributed by atoms with Crippen molar-refractivity contribution < 1.29 is 23.9 Å². The first-order valence-corrected chi connectivity index (χ1v) is 11.4. The van der Waals surface area contributed by atoms with E-state index in [0.717, 1.165) is 25.7 Å². The SMILES string of the molecule is CN(C[C@H](O)c1ccccc1)C(=O)C[C@]1(c2cccc(F)c2)CC(=O)N(C2CCCC2)C1=O. The molecule has 2 aliphatic rings. The Labute approximate surface area is 193 Å². The maximum absolute atomic E-state index is 14.1. The molecule has 1 heterocycles. The van der Waals surface area contributed by atoms with Crippen molar-refractivity contribution in [3.8, 4) is 0 Å². The normalized spacial score (nSPS) is 22.1. The summed E-state index contributed by atoms with van der Waals surface area (Å²) in [5, 5.41) is 10.5. The van der Waals surface area contributed by atoms with Crippen molar-refractivity contribution in [1.29, 1.82) is 0 Å². The average Bonchev–Trinajstić information content (AvgIpc) is 3.41. The monoisotopic (exact) mass is 452 g/mol. The lowest BCUT2D eigenvalue weighted by Crippen LogP contribution is -2.45. The van der Waals surface area contributed by atoms with Crippen molar-refractivity contribution in [2.45, 2.75) is 56.1 Å². The number of rotatable bonds is 7. The van der Waals surface area contributed by atoms with Gasteiger partial charge in [0.15, 0.2) is 0 Å². The summed E-state index contributed by atoms with van der Waals surface area (Å²) >= 11 is 0. The fraction of sp³-hybridized carbons (Fsp3) is 0.423. The Morgan fingerprint density at radius 3 is 2.52 bits per heavy atom. The van der Waals surface area contributed by atoms with Crippen molar-refractivity contribution in [2.24, 2.45) is 0 Å². The zero-order valence-corrected chi connectivity index (χ0v) is 18.7. The quantitative estimate of drug-likeness (QED) is 0.654. The molecule has 33 heavy (non-hydrogen) atoms. The van der Waals surface area contributed by atoms with Gasteiger partial charge in [0.05, 0.1) is 18.1 Å². The molecule has 2 fully saturated rings. The Kier molecular flexibility index (Phi) is 6.61. The molecule has 0 unspecified atom stereocenters. The van der Waals surface area contributed by atoms with E-state index in [1.165, 1.54) is 28.0 Å². The van der Waals surface area contributed by atoms with Crippen LogP contribution in [0.15, 0.2) is 54.6 Å². The van der Waals surface area contributed by atoms with Gasteiger partial charge in [-0.05, 0) is 36.1 Å². The van der Waals surface area contributed by atoms with Crippen molar-refractivity contribution in [1.82, 2.24) is 9.80 Å². The number of likely N-dealkylation sites (N-methyl/N-ethyl adjacent to an activating group) is 1. The van der Waals surface area contributed by atoms with Crippen molar-refractivity contribution >= 4 is 17.7 Å². The number of amides is 3. The van der Waals surface area contributed by atoms with Gasteiger partial charge < -0.3 is 10.0 Å². The second kappa shape index (κ2) is 9.43. The Hall–Kier alpha value is -3.06. The standard InChI is InChI=1S/C26H29FN2O4/c1-28(17-22(30)18-8-3-2-4-9-18)23(31)15-26(19-10-7-11-20(27)14-19)16-24(32)29(25(26)33)21-12-5-6-13-21/h2-4,7-11,14,21-22,30H,5-6,12-13,15-17H2,1H3/t22-,26+/m0/s1. The van der Waals surface area contributed by atoms with E-state index in [2.05, 4.69) is 0 Å². The summed E-state index contributed by atoms with van der Waals surface area (Å²) in [6.07, 6.45) is 2.11. The number of carbonyl (C=O) groups excluding carboxylic acids is 3. The smallest absolute Gasteiger partial charge is 0.241 e. The van der Waals surface area contributed by atoms with E-state index in [1.54, 1.807) is 37.4 Å². The molecule has 2 aromatic carbocycles. The predicted molar refractivity (Wildman–Crippen MR) is 120 cm³/mol. The number of imide groups is 1. The van der Waals surface area contributed by atoms with E-state index in [0.29, 0.717) is 11.1 Å². The van der Waals surface area contributed by atoms with Crippen LogP contribution in [-0.2, 0) is 19.8 Å². The average molecular weight is 453 g/mol. The minimum atomic E-state index is -1.44. The highest BCUT2D eigenvalue weighted by molar-refractivity contribution is 6.11. The molecule has 2 aromatic rings. The molecule has 4 rings (SSSR count). The fourth-order valence-corrected chi connectivity index (χ4v) is 5.08. The summed E-state index contributed by atoms with van der Waals surface area (Å²) in [6, 6.07) is 14.5. The molecular formula is C26H29FN2O4. The highest BCUT2D eigenvalue weighted by Crippen LogP contribution is 2.43. The van der Waals surface area contributed by atoms with E-state index in [-0.39, 0.29) is 37.2 Å². The highest BCUT2D eigenvalue weighted by atomic mass is 19.1. The highest BCUT2D eigenvalue weighted by Gasteiger charge is 2.55. The van der Waals surface area contributed by atoms with Crippen LogP contribution in [0, 0.1) is 5.82 Å². The second-order valence-electron chi connectivity index (χ2n) is 9.15. The van der Waals surface area contributed by atoms with E-state index < -0.39 is 23.2 Å². The van der Waals surface area contributed by atoms with Gasteiger partial charge in [-0.3, -0.25) is 19.3 Å². The minimum absolute atomic E-state index is 0.0382.